The minimum atomic E-state index is 0.571. The molecule has 0 unspecified atom stereocenters. The summed E-state index contributed by atoms with van der Waals surface area (Å²) in [5, 5.41) is 13.4. The molecule has 3 nitrogen and oxygen atoms in total. The molecule has 4 heteroatoms. The van der Waals surface area contributed by atoms with Crippen molar-refractivity contribution in [1.29, 1.82) is 5.26 Å². The van der Waals surface area contributed by atoms with Crippen LogP contribution < -0.4 is 0 Å². The molecule has 1 heterocycles. The lowest BCUT2D eigenvalue weighted by Gasteiger charge is -2.02. The first-order valence-corrected chi connectivity index (χ1v) is 5.68. The summed E-state index contributed by atoms with van der Waals surface area (Å²) in [4.78, 5) is 0. The second kappa shape index (κ2) is 4.50. The molecule has 1 aromatic carbocycles. The minimum Gasteiger partial charge on any atom is -0.249 e. The molecule has 0 bridgehead atoms. The number of aryl methyl sites for hydroxylation is 1. The molecule has 0 aliphatic rings. The van der Waals surface area contributed by atoms with Crippen LogP contribution in [0.1, 0.15) is 17.0 Å². The molecule has 0 fully saturated rings. The number of nitriles is 1. The van der Waals surface area contributed by atoms with Crippen molar-refractivity contribution in [1.82, 2.24) is 9.78 Å². The Balaban J connectivity index is 2.36. The van der Waals surface area contributed by atoms with Gasteiger partial charge in [0.05, 0.1) is 16.7 Å². The van der Waals surface area contributed by atoms with Gasteiger partial charge in [-0.25, -0.2) is 4.68 Å². The van der Waals surface area contributed by atoms with Crippen molar-refractivity contribution in [2.75, 3.05) is 0 Å². The summed E-state index contributed by atoms with van der Waals surface area (Å²) in [6.45, 7) is 2.50. The molecule has 0 atom stereocenters. The van der Waals surface area contributed by atoms with E-state index >= 15 is 0 Å². The second-order valence-electron chi connectivity index (χ2n) is 3.50. The van der Waals surface area contributed by atoms with Crippen molar-refractivity contribution in [2.45, 2.75) is 13.5 Å². The fourth-order valence-corrected chi connectivity index (χ4v) is 1.91. The standard InChI is InChI=1S/C12H10BrN3/c1-9-12(13)11(7-14)16(15-9)8-10-5-3-2-4-6-10/h2-6H,8H2,1H3. The number of hydrogen-bond donors (Lipinski definition) is 0. The zero-order valence-electron chi connectivity index (χ0n) is 8.81. The van der Waals surface area contributed by atoms with Crippen LogP contribution in [0.4, 0.5) is 0 Å². The van der Waals surface area contributed by atoms with E-state index in [1.807, 2.05) is 37.3 Å². The SMILES string of the molecule is Cc1nn(Cc2ccccc2)c(C#N)c1Br. The average molecular weight is 276 g/mol. The van der Waals surface area contributed by atoms with Crippen LogP contribution in [0.5, 0.6) is 0 Å². The lowest BCUT2D eigenvalue weighted by atomic mass is 10.2. The topological polar surface area (TPSA) is 41.6 Å². The van der Waals surface area contributed by atoms with Gasteiger partial charge in [-0.15, -0.1) is 0 Å². The average Bonchev–Trinajstić information content (AvgIpc) is 2.56. The van der Waals surface area contributed by atoms with E-state index in [9.17, 15) is 0 Å². The van der Waals surface area contributed by atoms with Gasteiger partial charge in [0.15, 0.2) is 5.69 Å². The third kappa shape index (κ3) is 2.00. The molecule has 0 aliphatic heterocycles. The second-order valence-corrected chi connectivity index (χ2v) is 4.30. The predicted molar refractivity (Wildman–Crippen MR) is 64.9 cm³/mol. The molecule has 2 rings (SSSR count). The van der Waals surface area contributed by atoms with Crippen LogP contribution in [0.2, 0.25) is 0 Å². The highest BCUT2D eigenvalue weighted by atomic mass is 79.9. The van der Waals surface area contributed by atoms with E-state index in [-0.39, 0.29) is 0 Å². The summed E-state index contributed by atoms with van der Waals surface area (Å²) in [5.74, 6) is 0. The van der Waals surface area contributed by atoms with Crippen LogP contribution >= 0.6 is 15.9 Å². The Morgan fingerprint density at radius 3 is 2.69 bits per heavy atom. The fourth-order valence-electron chi connectivity index (χ4n) is 1.54. The van der Waals surface area contributed by atoms with Gasteiger partial charge in [-0.1, -0.05) is 30.3 Å². The van der Waals surface area contributed by atoms with E-state index in [2.05, 4.69) is 27.1 Å². The summed E-state index contributed by atoms with van der Waals surface area (Å²) >= 11 is 3.37. The predicted octanol–water partition coefficient (Wildman–Crippen LogP) is 2.87. The molecule has 16 heavy (non-hydrogen) atoms. The van der Waals surface area contributed by atoms with Crippen molar-refractivity contribution in [3.05, 3.63) is 51.8 Å². The van der Waals surface area contributed by atoms with Gasteiger partial charge in [-0.2, -0.15) is 10.4 Å². The lowest BCUT2D eigenvalue weighted by Crippen LogP contribution is -2.04. The van der Waals surface area contributed by atoms with Crippen LogP contribution in [0.15, 0.2) is 34.8 Å². The molecule has 2 aromatic rings. The molecule has 80 valence electrons. The van der Waals surface area contributed by atoms with Crippen molar-refractivity contribution >= 4 is 15.9 Å². The monoisotopic (exact) mass is 275 g/mol. The number of nitrogens with zero attached hydrogens (tertiary/aromatic N) is 3. The van der Waals surface area contributed by atoms with Crippen LogP contribution in [0.3, 0.4) is 0 Å². The normalized spacial score (nSPS) is 10.1. The number of rotatable bonds is 2. The van der Waals surface area contributed by atoms with Crippen LogP contribution in [0.25, 0.3) is 0 Å². The Morgan fingerprint density at radius 1 is 1.38 bits per heavy atom. The highest BCUT2D eigenvalue weighted by Gasteiger charge is 2.12. The molecule has 0 saturated carbocycles. The molecule has 0 aliphatic carbocycles. The van der Waals surface area contributed by atoms with Gasteiger partial charge in [0.1, 0.15) is 6.07 Å². The smallest absolute Gasteiger partial charge is 0.153 e. The van der Waals surface area contributed by atoms with Crippen LogP contribution in [-0.4, -0.2) is 9.78 Å². The number of halogens is 1. The highest BCUT2D eigenvalue weighted by molar-refractivity contribution is 9.10. The lowest BCUT2D eigenvalue weighted by molar-refractivity contribution is 0.670. The first-order chi connectivity index (χ1) is 7.72. The zero-order valence-corrected chi connectivity index (χ0v) is 10.4. The Bertz CT molecular complexity index is 537. The highest BCUT2D eigenvalue weighted by Crippen LogP contribution is 2.20. The van der Waals surface area contributed by atoms with E-state index < -0.39 is 0 Å². The summed E-state index contributed by atoms with van der Waals surface area (Å²) in [7, 11) is 0. The van der Waals surface area contributed by atoms with Gasteiger partial charge in [-0.3, -0.25) is 0 Å². The number of hydrogen-bond acceptors (Lipinski definition) is 2. The molecule has 0 spiro atoms. The van der Waals surface area contributed by atoms with E-state index in [1.165, 1.54) is 0 Å². The third-order valence-electron chi connectivity index (χ3n) is 2.34. The summed E-state index contributed by atoms with van der Waals surface area (Å²) < 4.78 is 2.50. The maximum Gasteiger partial charge on any atom is 0.153 e. The molecule has 0 saturated heterocycles. The van der Waals surface area contributed by atoms with Gasteiger partial charge in [0, 0.05) is 0 Å². The Kier molecular flexibility index (Phi) is 3.07. The van der Waals surface area contributed by atoms with Gasteiger partial charge in [-0.05, 0) is 28.4 Å². The van der Waals surface area contributed by atoms with Crippen LogP contribution in [0, 0.1) is 18.3 Å². The van der Waals surface area contributed by atoms with Crippen molar-refractivity contribution in [2.24, 2.45) is 0 Å². The maximum atomic E-state index is 9.05. The summed E-state index contributed by atoms with van der Waals surface area (Å²) in [5.41, 5.74) is 2.54. The van der Waals surface area contributed by atoms with Crippen molar-refractivity contribution in [3.8, 4) is 6.07 Å². The largest absolute Gasteiger partial charge is 0.249 e. The minimum absolute atomic E-state index is 0.571. The zero-order chi connectivity index (χ0) is 11.5. The third-order valence-corrected chi connectivity index (χ3v) is 3.28. The Labute approximate surface area is 102 Å². The molecule has 0 amide bonds. The molecule has 0 N–H and O–H groups in total. The van der Waals surface area contributed by atoms with E-state index in [0.29, 0.717) is 12.2 Å². The van der Waals surface area contributed by atoms with Gasteiger partial charge >= 0.3 is 0 Å². The quantitative estimate of drug-likeness (QED) is 0.846. The number of aromatic nitrogens is 2. The number of benzene rings is 1. The summed E-state index contributed by atoms with van der Waals surface area (Å²) in [6.07, 6.45) is 0. The first kappa shape index (κ1) is 10.9. The Morgan fingerprint density at radius 2 is 2.06 bits per heavy atom. The van der Waals surface area contributed by atoms with Crippen LogP contribution in [-0.2, 0) is 6.54 Å². The fraction of sp³-hybridized carbons (Fsp3) is 0.167. The first-order valence-electron chi connectivity index (χ1n) is 4.89. The van der Waals surface area contributed by atoms with Crippen molar-refractivity contribution < 1.29 is 0 Å². The summed E-state index contributed by atoms with van der Waals surface area (Å²) in [6, 6.07) is 12.1. The van der Waals surface area contributed by atoms with E-state index in [1.54, 1.807) is 4.68 Å². The van der Waals surface area contributed by atoms with E-state index in [0.717, 1.165) is 15.7 Å². The van der Waals surface area contributed by atoms with Crippen molar-refractivity contribution in [3.63, 3.8) is 0 Å². The molecular weight excluding hydrogens is 266 g/mol. The molecule has 1 aromatic heterocycles. The maximum absolute atomic E-state index is 9.05. The van der Waals surface area contributed by atoms with Gasteiger partial charge in [0.2, 0.25) is 0 Å². The molecule has 0 radical (unpaired) electrons. The van der Waals surface area contributed by atoms with Gasteiger partial charge < -0.3 is 0 Å². The van der Waals surface area contributed by atoms with E-state index in [4.69, 9.17) is 5.26 Å². The van der Waals surface area contributed by atoms with Gasteiger partial charge in [0.25, 0.3) is 0 Å². The molecular formula is C12H10BrN3. The Hall–Kier alpha value is -1.60.